The van der Waals surface area contributed by atoms with Gasteiger partial charge in [0.05, 0.1) is 27.6 Å². The number of nitro benzene ring substituents is 1. The Hall–Kier alpha value is -4.61. The smallest absolute Gasteiger partial charge is 0.282 e. The first-order chi connectivity index (χ1) is 18.3. The van der Waals surface area contributed by atoms with Crippen molar-refractivity contribution in [3.05, 3.63) is 104 Å². The van der Waals surface area contributed by atoms with Crippen LogP contribution in [0.15, 0.2) is 93.5 Å². The molecule has 0 unspecified atom stereocenters. The van der Waals surface area contributed by atoms with Crippen LogP contribution >= 0.6 is 22.9 Å². The highest BCUT2D eigenvalue weighted by molar-refractivity contribution is 7.14. The summed E-state index contributed by atoms with van der Waals surface area (Å²) in [4.78, 5) is 41.3. The van der Waals surface area contributed by atoms with E-state index in [0.717, 1.165) is 5.01 Å². The molecule has 1 aliphatic heterocycles. The van der Waals surface area contributed by atoms with E-state index >= 15 is 0 Å². The summed E-state index contributed by atoms with van der Waals surface area (Å²) in [6.07, 6.45) is 0. The van der Waals surface area contributed by atoms with Crippen LogP contribution in [-0.4, -0.2) is 33.4 Å². The van der Waals surface area contributed by atoms with Gasteiger partial charge in [-0.3, -0.25) is 19.7 Å². The molecule has 2 heterocycles. The number of thiazole rings is 1. The van der Waals surface area contributed by atoms with Gasteiger partial charge in [-0.25, -0.2) is 4.98 Å². The topological polar surface area (TPSA) is 130 Å². The Morgan fingerprint density at radius 2 is 1.89 bits per heavy atom. The molecule has 0 N–H and O–H groups in total. The molecule has 0 saturated heterocycles. The quantitative estimate of drug-likeness (QED) is 0.114. The monoisotopic (exact) mass is 544 g/mol. The number of hydrogen-bond donors (Lipinski definition) is 0. The van der Waals surface area contributed by atoms with E-state index in [4.69, 9.17) is 11.6 Å². The Kier molecular flexibility index (Phi) is 6.86. The number of carbonyl (C=O) groups excluding carboxylic acids is 2. The first-order valence-corrected chi connectivity index (χ1v) is 12.5. The number of benzene rings is 3. The van der Waals surface area contributed by atoms with E-state index in [1.807, 2.05) is 6.07 Å². The van der Waals surface area contributed by atoms with Crippen LogP contribution in [-0.2, 0) is 4.79 Å². The predicted molar refractivity (Wildman–Crippen MR) is 144 cm³/mol. The average molecular weight is 545 g/mol. The fraction of sp³-hybridized carbons (Fsp3) is 0.0769. The summed E-state index contributed by atoms with van der Waals surface area (Å²) in [5.74, 6) is -0.737. The number of halogens is 1. The predicted octanol–water partition coefficient (Wildman–Crippen LogP) is 6.48. The molecule has 3 aromatic carbocycles. The van der Waals surface area contributed by atoms with Gasteiger partial charge in [-0.2, -0.15) is 20.3 Å². The maximum absolute atomic E-state index is 13.2. The molecule has 0 fully saturated rings. The minimum absolute atomic E-state index is 0.0593. The molecule has 0 spiro atoms. The Balaban J connectivity index is 1.38. The molecule has 0 radical (unpaired) electrons. The third kappa shape index (κ3) is 4.97. The number of hydrogen-bond acceptors (Lipinski definition) is 9. The van der Waals surface area contributed by atoms with Crippen molar-refractivity contribution < 1.29 is 14.5 Å². The van der Waals surface area contributed by atoms with Crippen LogP contribution in [0.4, 0.5) is 16.5 Å². The minimum atomic E-state index is -1.00. The molecule has 188 valence electrons. The normalized spacial score (nSPS) is 15.2. The zero-order valence-electron chi connectivity index (χ0n) is 19.7. The van der Waals surface area contributed by atoms with E-state index in [-0.39, 0.29) is 22.7 Å². The van der Waals surface area contributed by atoms with Gasteiger partial charge in [0.15, 0.2) is 11.8 Å². The molecular formula is C26H17ClN6O4S. The van der Waals surface area contributed by atoms with Gasteiger partial charge < -0.3 is 0 Å². The lowest BCUT2D eigenvalue weighted by molar-refractivity contribution is -0.384. The number of azo groups is 1. The van der Waals surface area contributed by atoms with Crippen molar-refractivity contribution in [1.82, 2.24) is 4.98 Å². The number of anilines is 1. The highest BCUT2D eigenvalue weighted by Gasteiger charge is 2.36. The molecule has 12 heteroatoms. The van der Waals surface area contributed by atoms with E-state index in [0.29, 0.717) is 32.7 Å². The van der Waals surface area contributed by atoms with Gasteiger partial charge in [-0.1, -0.05) is 54.1 Å². The molecule has 1 amide bonds. The maximum Gasteiger partial charge on any atom is 0.282 e. The van der Waals surface area contributed by atoms with Crippen LogP contribution in [0, 0.1) is 10.1 Å². The summed E-state index contributed by atoms with van der Waals surface area (Å²) in [6, 6.07) is 18.4. The summed E-state index contributed by atoms with van der Waals surface area (Å²) in [5.41, 5.74) is 2.35. The molecule has 0 saturated carbocycles. The molecule has 0 bridgehead atoms. The Morgan fingerprint density at radius 3 is 2.66 bits per heavy atom. The average Bonchev–Trinajstić information content (AvgIpc) is 3.52. The zero-order valence-corrected chi connectivity index (χ0v) is 21.3. The van der Waals surface area contributed by atoms with Gasteiger partial charge in [0.2, 0.25) is 5.13 Å². The lowest BCUT2D eigenvalue weighted by atomic mass is 10.0. The van der Waals surface area contributed by atoms with Crippen LogP contribution < -0.4 is 5.01 Å². The van der Waals surface area contributed by atoms with Gasteiger partial charge >= 0.3 is 0 Å². The van der Waals surface area contributed by atoms with Crippen molar-refractivity contribution in [2.75, 3.05) is 5.01 Å². The second-order valence-corrected chi connectivity index (χ2v) is 9.46. The molecule has 0 aliphatic carbocycles. The van der Waals surface area contributed by atoms with Crippen molar-refractivity contribution in [3.8, 4) is 11.3 Å². The van der Waals surface area contributed by atoms with E-state index in [1.54, 1.807) is 60.8 Å². The molecular weight excluding hydrogens is 528 g/mol. The van der Waals surface area contributed by atoms with Crippen molar-refractivity contribution >= 4 is 56.8 Å². The molecule has 38 heavy (non-hydrogen) atoms. The van der Waals surface area contributed by atoms with Gasteiger partial charge in [0.1, 0.15) is 0 Å². The van der Waals surface area contributed by atoms with Crippen LogP contribution in [0.5, 0.6) is 0 Å². The van der Waals surface area contributed by atoms with E-state index < -0.39 is 16.9 Å². The number of rotatable bonds is 7. The number of nitrogens with zero attached hydrogens (tertiary/aromatic N) is 6. The van der Waals surface area contributed by atoms with Crippen molar-refractivity contribution in [2.45, 2.75) is 13.0 Å². The van der Waals surface area contributed by atoms with Gasteiger partial charge in [0, 0.05) is 33.7 Å². The van der Waals surface area contributed by atoms with Gasteiger partial charge in [-0.15, -0.1) is 11.3 Å². The second kappa shape index (κ2) is 10.4. The lowest BCUT2D eigenvalue weighted by Gasteiger charge is -2.09. The number of nitro groups is 1. The van der Waals surface area contributed by atoms with Crippen molar-refractivity contribution in [1.29, 1.82) is 0 Å². The summed E-state index contributed by atoms with van der Waals surface area (Å²) in [6.45, 7) is 1.65. The van der Waals surface area contributed by atoms with Crippen molar-refractivity contribution in [3.63, 3.8) is 0 Å². The summed E-state index contributed by atoms with van der Waals surface area (Å²) >= 11 is 7.30. The number of hydrazone groups is 1. The SMILES string of the molecule is CC1=NN(c2nc(-c3cccc([N+](=O)[O-])c3)cs2)C(=O)[C@H]1N=Nc1ccc(Cl)cc1C(=O)c1ccccc1. The Morgan fingerprint density at radius 1 is 1.11 bits per heavy atom. The first kappa shape index (κ1) is 25.1. The number of amides is 1. The molecule has 5 rings (SSSR count). The standard InChI is InChI=1S/C26H17ClN6O4S/c1-15-23(30-29-21-11-10-18(27)13-20(21)24(34)16-6-3-2-4-7-16)25(35)32(31-15)26-28-22(14-38-26)17-8-5-9-19(12-17)33(36)37/h2-14,23H,1H3/t23-/m0/s1. The largest absolute Gasteiger partial charge is 0.289 e. The van der Waals surface area contributed by atoms with Crippen LogP contribution in [0.2, 0.25) is 5.02 Å². The Bertz CT molecular complexity index is 1640. The second-order valence-electron chi connectivity index (χ2n) is 8.19. The van der Waals surface area contributed by atoms with Crippen LogP contribution in [0.25, 0.3) is 11.3 Å². The molecule has 1 aliphatic rings. The lowest BCUT2D eigenvalue weighted by Crippen LogP contribution is -2.29. The van der Waals surface area contributed by atoms with E-state index in [2.05, 4.69) is 20.3 Å². The number of aromatic nitrogens is 1. The minimum Gasteiger partial charge on any atom is -0.289 e. The van der Waals surface area contributed by atoms with Crippen LogP contribution in [0.3, 0.4) is 0 Å². The van der Waals surface area contributed by atoms with E-state index in [9.17, 15) is 19.7 Å². The first-order valence-electron chi connectivity index (χ1n) is 11.2. The van der Waals surface area contributed by atoms with Crippen LogP contribution in [0.1, 0.15) is 22.8 Å². The molecule has 1 atom stereocenters. The summed E-state index contributed by atoms with van der Waals surface area (Å²) in [5, 5.41) is 27.3. The number of carbonyl (C=O) groups is 2. The highest BCUT2D eigenvalue weighted by atomic mass is 35.5. The zero-order chi connectivity index (χ0) is 26.8. The fourth-order valence-corrected chi connectivity index (χ4v) is 4.70. The summed E-state index contributed by atoms with van der Waals surface area (Å²) < 4.78 is 0. The number of ketones is 1. The van der Waals surface area contributed by atoms with E-state index in [1.165, 1.54) is 29.5 Å². The molecule has 1 aromatic heterocycles. The summed E-state index contributed by atoms with van der Waals surface area (Å²) in [7, 11) is 0. The molecule has 10 nitrogen and oxygen atoms in total. The third-order valence-electron chi connectivity index (χ3n) is 5.64. The van der Waals surface area contributed by atoms with Crippen molar-refractivity contribution in [2.24, 2.45) is 15.3 Å². The van der Waals surface area contributed by atoms with Gasteiger partial charge in [0.25, 0.3) is 11.6 Å². The molecule has 4 aromatic rings. The maximum atomic E-state index is 13.2. The van der Waals surface area contributed by atoms with Gasteiger partial charge in [-0.05, 0) is 25.1 Å². The third-order valence-corrected chi connectivity index (χ3v) is 6.69. The highest BCUT2D eigenvalue weighted by Crippen LogP contribution is 2.32. The fourth-order valence-electron chi connectivity index (χ4n) is 3.74. The Labute approximate surface area is 225 Å². The number of non-ortho nitro benzene ring substituents is 1.